The molecule has 2 rings (SSSR count). The van der Waals surface area contributed by atoms with Gasteiger partial charge in [0.2, 0.25) is 0 Å². The fourth-order valence-corrected chi connectivity index (χ4v) is 2.00. The molecule has 0 amide bonds. The van der Waals surface area contributed by atoms with Crippen LogP contribution in [-0.2, 0) is 0 Å². The zero-order valence-electron chi connectivity index (χ0n) is 8.83. The molecule has 1 aliphatic heterocycles. The molecule has 1 fully saturated rings. The Bertz CT molecular complexity index is 312. The third kappa shape index (κ3) is 2.83. The fraction of sp³-hybridized carbons (Fsp3) is 0.545. The van der Waals surface area contributed by atoms with Crippen LogP contribution in [0.4, 0.5) is 5.82 Å². The van der Waals surface area contributed by atoms with Crippen molar-refractivity contribution < 1.29 is 0 Å². The lowest BCUT2D eigenvalue weighted by atomic mass is 10.00. The summed E-state index contributed by atoms with van der Waals surface area (Å²) in [7, 11) is 0. The minimum Gasteiger partial charge on any atom is -0.366 e. The van der Waals surface area contributed by atoms with E-state index in [2.05, 4.69) is 22.5 Å². The van der Waals surface area contributed by atoms with E-state index in [0.29, 0.717) is 17.1 Å². The highest BCUT2D eigenvalue weighted by molar-refractivity contribution is 6.30. The quantitative estimate of drug-likeness (QED) is 0.811. The molecule has 0 aliphatic carbocycles. The second-order valence-electron chi connectivity index (χ2n) is 4.00. The molecule has 82 valence electrons. The summed E-state index contributed by atoms with van der Waals surface area (Å²) in [6.07, 6.45) is 4.08. The van der Waals surface area contributed by atoms with E-state index < -0.39 is 0 Å². The van der Waals surface area contributed by atoms with Gasteiger partial charge in [-0.25, -0.2) is 4.98 Å². The molecule has 1 saturated heterocycles. The second-order valence-corrected chi connectivity index (χ2v) is 4.43. The van der Waals surface area contributed by atoms with Crippen molar-refractivity contribution in [3.8, 4) is 0 Å². The van der Waals surface area contributed by atoms with E-state index in [0.717, 1.165) is 12.4 Å². The average molecular weight is 226 g/mol. The topological polar surface area (TPSA) is 37.0 Å². The highest BCUT2D eigenvalue weighted by Crippen LogP contribution is 2.15. The van der Waals surface area contributed by atoms with Crippen molar-refractivity contribution in [1.29, 1.82) is 0 Å². The van der Waals surface area contributed by atoms with Crippen molar-refractivity contribution >= 4 is 17.4 Å². The first-order valence-electron chi connectivity index (χ1n) is 5.37. The van der Waals surface area contributed by atoms with Crippen molar-refractivity contribution in [3.63, 3.8) is 0 Å². The van der Waals surface area contributed by atoms with E-state index in [1.54, 1.807) is 6.20 Å². The molecule has 1 aromatic rings. The third-order valence-corrected chi connectivity index (χ3v) is 3.05. The van der Waals surface area contributed by atoms with E-state index in [9.17, 15) is 0 Å². The monoisotopic (exact) mass is 225 g/mol. The first kappa shape index (κ1) is 10.7. The van der Waals surface area contributed by atoms with Crippen molar-refractivity contribution in [1.82, 2.24) is 10.3 Å². The number of piperidine rings is 1. The van der Waals surface area contributed by atoms with Crippen LogP contribution < -0.4 is 10.6 Å². The van der Waals surface area contributed by atoms with E-state index in [1.807, 2.05) is 12.1 Å². The Morgan fingerprint density at radius 3 is 3.07 bits per heavy atom. The predicted molar refractivity (Wildman–Crippen MR) is 63.4 cm³/mol. The van der Waals surface area contributed by atoms with Gasteiger partial charge in [-0.1, -0.05) is 11.6 Å². The van der Waals surface area contributed by atoms with Gasteiger partial charge in [0.1, 0.15) is 5.82 Å². The summed E-state index contributed by atoms with van der Waals surface area (Å²) >= 11 is 5.78. The van der Waals surface area contributed by atoms with Crippen LogP contribution in [0.2, 0.25) is 5.02 Å². The average Bonchev–Trinajstić information content (AvgIpc) is 2.25. The van der Waals surface area contributed by atoms with Crippen LogP contribution in [-0.4, -0.2) is 23.6 Å². The van der Waals surface area contributed by atoms with Gasteiger partial charge in [0.15, 0.2) is 0 Å². The van der Waals surface area contributed by atoms with Gasteiger partial charge in [-0.2, -0.15) is 0 Å². The molecule has 0 saturated carbocycles. The molecule has 0 aromatic carbocycles. The Kier molecular flexibility index (Phi) is 3.44. The van der Waals surface area contributed by atoms with Gasteiger partial charge >= 0.3 is 0 Å². The zero-order chi connectivity index (χ0) is 10.7. The summed E-state index contributed by atoms with van der Waals surface area (Å²) in [6.45, 7) is 3.32. The van der Waals surface area contributed by atoms with E-state index in [4.69, 9.17) is 11.6 Å². The Balaban J connectivity index is 1.98. The van der Waals surface area contributed by atoms with E-state index in [-0.39, 0.29) is 0 Å². The molecule has 3 nitrogen and oxygen atoms in total. The van der Waals surface area contributed by atoms with Crippen molar-refractivity contribution in [2.75, 3.05) is 11.9 Å². The van der Waals surface area contributed by atoms with E-state index in [1.165, 1.54) is 12.8 Å². The number of hydrogen-bond donors (Lipinski definition) is 2. The summed E-state index contributed by atoms with van der Waals surface area (Å²) in [5, 5.41) is 7.55. The molecule has 4 heteroatoms. The Morgan fingerprint density at radius 2 is 2.40 bits per heavy atom. The normalized spacial score (nSPS) is 26.3. The van der Waals surface area contributed by atoms with Crippen molar-refractivity contribution in [2.45, 2.75) is 31.8 Å². The highest BCUT2D eigenvalue weighted by Gasteiger charge is 2.20. The molecule has 2 atom stereocenters. The summed E-state index contributed by atoms with van der Waals surface area (Å²) in [5.74, 6) is 0.903. The molecule has 0 unspecified atom stereocenters. The molecule has 0 bridgehead atoms. The van der Waals surface area contributed by atoms with Crippen LogP contribution in [0, 0.1) is 0 Å². The van der Waals surface area contributed by atoms with Crippen LogP contribution in [0.1, 0.15) is 19.8 Å². The number of hydrogen-bond acceptors (Lipinski definition) is 3. The van der Waals surface area contributed by atoms with Gasteiger partial charge in [0, 0.05) is 18.3 Å². The lowest BCUT2D eigenvalue weighted by molar-refractivity contribution is 0.389. The Labute approximate surface area is 95.2 Å². The maximum atomic E-state index is 5.78. The van der Waals surface area contributed by atoms with E-state index >= 15 is 0 Å². The van der Waals surface area contributed by atoms with Crippen LogP contribution in [0.5, 0.6) is 0 Å². The third-order valence-electron chi connectivity index (χ3n) is 2.82. The number of nitrogens with zero attached hydrogens (tertiary/aromatic N) is 1. The van der Waals surface area contributed by atoms with Gasteiger partial charge in [0.05, 0.1) is 5.02 Å². The van der Waals surface area contributed by atoms with Gasteiger partial charge in [0.25, 0.3) is 0 Å². The number of anilines is 1. The largest absolute Gasteiger partial charge is 0.366 e. The van der Waals surface area contributed by atoms with Crippen LogP contribution in [0.15, 0.2) is 18.3 Å². The first-order valence-corrected chi connectivity index (χ1v) is 5.75. The molecule has 0 radical (unpaired) electrons. The van der Waals surface area contributed by atoms with Crippen LogP contribution >= 0.6 is 11.6 Å². The highest BCUT2D eigenvalue weighted by atomic mass is 35.5. The lowest BCUT2D eigenvalue weighted by Crippen LogP contribution is -2.46. The molecular formula is C11H16ClN3. The molecular weight excluding hydrogens is 210 g/mol. The van der Waals surface area contributed by atoms with Crippen LogP contribution in [0.25, 0.3) is 0 Å². The summed E-state index contributed by atoms with van der Waals surface area (Å²) < 4.78 is 0. The SMILES string of the molecule is C[C@@H]1NCCC[C@H]1Nc1ccc(Cl)cn1. The minimum atomic E-state index is 0.465. The fourth-order valence-electron chi connectivity index (χ4n) is 1.89. The predicted octanol–water partition coefficient (Wildman–Crippen LogP) is 2.29. The molecule has 1 aromatic heterocycles. The van der Waals surface area contributed by atoms with Gasteiger partial charge in [-0.15, -0.1) is 0 Å². The smallest absolute Gasteiger partial charge is 0.126 e. The van der Waals surface area contributed by atoms with Crippen molar-refractivity contribution in [2.24, 2.45) is 0 Å². The number of halogens is 1. The molecule has 15 heavy (non-hydrogen) atoms. The number of rotatable bonds is 2. The van der Waals surface area contributed by atoms with Gasteiger partial charge in [-0.3, -0.25) is 0 Å². The lowest BCUT2D eigenvalue weighted by Gasteiger charge is -2.31. The summed E-state index contributed by atoms with van der Waals surface area (Å²) in [6, 6.07) is 4.74. The molecule has 1 aliphatic rings. The zero-order valence-corrected chi connectivity index (χ0v) is 9.59. The van der Waals surface area contributed by atoms with Gasteiger partial charge in [-0.05, 0) is 38.4 Å². The number of pyridine rings is 1. The minimum absolute atomic E-state index is 0.465. The standard InChI is InChI=1S/C11H16ClN3/c1-8-10(3-2-6-13-8)15-11-5-4-9(12)7-14-11/h4-5,7-8,10,13H,2-3,6H2,1H3,(H,14,15)/t8-,10+/m0/s1. The second kappa shape index (κ2) is 4.81. The van der Waals surface area contributed by atoms with Crippen molar-refractivity contribution in [3.05, 3.63) is 23.4 Å². The summed E-state index contributed by atoms with van der Waals surface area (Å²) in [4.78, 5) is 4.24. The number of nitrogens with one attached hydrogen (secondary N) is 2. The van der Waals surface area contributed by atoms with Gasteiger partial charge < -0.3 is 10.6 Å². The summed E-state index contributed by atoms with van der Waals surface area (Å²) in [5.41, 5.74) is 0. The molecule has 2 N–H and O–H groups in total. The Hall–Kier alpha value is -0.800. The maximum Gasteiger partial charge on any atom is 0.126 e. The molecule has 0 spiro atoms. The van der Waals surface area contributed by atoms with Crippen LogP contribution in [0.3, 0.4) is 0 Å². The maximum absolute atomic E-state index is 5.78. The Morgan fingerprint density at radius 1 is 1.53 bits per heavy atom. The number of aromatic nitrogens is 1. The first-order chi connectivity index (χ1) is 7.25. The molecule has 2 heterocycles.